The third-order valence-corrected chi connectivity index (χ3v) is 3.74. The summed E-state index contributed by atoms with van der Waals surface area (Å²) in [5, 5.41) is 4.10. The van der Waals surface area contributed by atoms with Gasteiger partial charge < -0.3 is 10.1 Å². The molecule has 1 atom stereocenters. The summed E-state index contributed by atoms with van der Waals surface area (Å²) >= 11 is 12.1. The van der Waals surface area contributed by atoms with Gasteiger partial charge in [-0.25, -0.2) is 0 Å². The Bertz CT molecular complexity index is 572. The molecular weight excluding hydrogens is 281 g/mol. The molecule has 0 aliphatic rings. The van der Waals surface area contributed by atoms with Gasteiger partial charge in [-0.1, -0.05) is 41.4 Å². The van der Waals surface area contributed by atoms with Gasteiger partial charge in [-0.05, 0) is 43.8 Å². The summed E-state index contributed by atoms with van der Waals surface area (Å²) in [5.41, 5.74) is 1.15. The van der Waals surface area contributed by atoms with Crippen molar-refractivity contribution in [3.63, 3.8) is 0 Å². The van der Waals surface area contributed by atoms with Crippen molar-refractivity contribution in [3.8, 4) is 11.5 Å². The Morgan fingerprint density at radius 1 is 1.11 bits per heavy atom. The highest BCUT2D eigenvalue weighted by atomic mass is 35.5. The molecule has 100 valence electrons. The van der Waals surface area contributed by atoms with Crippen LogP contribution < -0.4 is 10.1 Å². The molecular formula is C15H15Cl2NO. The predicted molar refractivity (Wildman–Crippen MR) is 80.5 cm³/mol. The number of rotatable bonds is 4. The van der Waals surface area contributed by atoms with Crippen molar-refractivity contribution >= 4 is 23.2 Å². The minimum absolute atomic E-state index is 0.262. The van der Waals surface area contributed by atoms with Crippen LogP contribution in [0.3, 0.4) is 0 Å². The number of hydrogen-bond acceptors (Lipinski definition) is 2. The van der Waals surface area contributed by atoms with Crippen LogP contribution in [0.2, 0.25) is 10.0 Å². The molecule has 0 heterocycles. The molecule has 0 fully saturated rings. The summed E-state index contributed by atoms with van der Waals surface area (Å²) in [6.45, 7) is 2.09. The molecule has 0 aliphatic carbocycles. The fraction of sp³-hybridized carbons (Fsp3) is 0.200. The number of ether oxygens (including phenoxy) is 1. The molecule has 2 aromatic carbocycles. The van der Waals surface area contributed by atoms with Crippen LogP contribution in [-0.2, 0) is 0 Å². The first-order chi connectivity index (χ1) is 9.11. The standard InChI is InChI=1S/C15H15Cl2NO/c1-10(18-2)11-5-3-6-12(9-11)19-14-8-4-7-13(16)15(14)17/h3-10,18H,1-2H3. The van der Waals surface area contributed by atoms with E-state index in [1.807, 2.05) is 37.4 Å². The summed E-state index contributed by atoms with van der Waals surface area (Å²) in [4.78, 5) is 0. The van der Waals surface area contributed by atoms with Gasteiger partial charge in [0.25, 0.3) is 0 Å². The van der Waals surface area contributed by atoms with E-state index in [1.165, 1.54) is 0 Å². The molecule has 0 aliphatic heterocycles. The molecule has 0 aromatic heterocycles. The Morgan fingerprint density at radius 3 is 2.58 bits per heavy atom. The molecule has 2 rings (SSSR count). The predicted octanol–water partition coefficient (Wildman–Crippen LogP) is 5.07. The zero-order chi connectivity index (χ0) is 13.8. The maximum atomic E-state index is 6.10. The molecule has 0 saturated carbocycles. The normalized spacial score (nSPS) is 12.2. The van der Waals surface area contributed by atoms with Crippen LogP contribution in [0.5, 0.6) is 11.5 Å². The van der Waals surface area contributed by atoms with Crippen molar-refractivity contribution in [1.29, 1.82) is 0 Å². The summed E-state index contributed by atoms with van der Waals surface area (Å²) in [5.74, 6) is 1.30. The molecule has 2 aromatic rings. The van der Waals surface area contributed by atoms with E-state index in [0.29, 0.717) is 15.8 Å². The monoisotopic (exact) mass is 295 g/mol. The maximum absolute atomic E-state index is 6.10. The Morgan fingerprint density at radius 2 is 1.84 bits per heavy atom. The Hall–Kier alpha value is -1.22. The number of hydrogen-bond donors (Lipinski definition) is 1. The van der Waals surface area contributed by atoms with Crippen LogP contribution in [0.25, 0.3) is 0 Å². The zero-order valence-corrected chi connectivity index (χ0v) is 12.3. The SMILES string of the molecule is CNC(C)c1cccc(Oc2cccc(Cl)c2Cl)c1. The lowest BCUT2D eigenvalue weighted by Crippen LogP contribution is -2.12. The highest BCUT2D eigenvalue weighted by Crippen LogP contribution is 2.35. The van der Waals surface area contributed by atoms with Crippen molar-refractivity contribution in [1.82, 2.24) is 5.32 Å². The first kappa shape index (κ1) is 14.2. The van der Waals surface area contributed by atoms with Crippen LogP contribution in [0.1, 0.15) is 18.5 Å². The van der Waals surface area contributed by atoms with Gasteiger partial charge in [-0.3, -0.25) is 0 Å². The van der Waals surface area contributed by atoms with Crippen molar-refractivity contribution < 1.29 is 4.74 Å². The second kappa shape index (κ2) is 6.29. The summed E-state index contributed by atoms with van der Waals surface area (Å²) in [7, 11) is 1.92. The van der Waals surface area contributed by atoms with Crippen molar-refractivity contribution in [2.75, 3.05) is 7.05 Å². The molecule has 0 spiro atoms. The summed E-state index contributed by atoms with van der Waals surface area (Å²) in [6, 6.07) is 13.5. The highest BCUT2D eigenvalue weighted by Gasteiger charge is 2.08. The van der Waals surface area contributed by atoms with Crippen molar-refractivity contribution in [2.24, 2.45) is 0 Å². The second-order valence-corrected chi connectivity index (χ2v) is 5.02. The minimum atomic E-state index is 0.262. The molecule has 0 radical (unpaired) electrons. The molecule has 0 amide bonds. The highest BCUT2D eigenvalue weighted by molar-refractivity contribution is 6.42. The van der Waals surface area contributed by atoms with Crippen LogP contribution >= 0.6 is 23.2 Å². The van der Waals surface area contributed by atoms with E-state index in [4.69, 9.17) is 27.9 Å². The van der Waals surface area contributed by atoms with E-state index >= 15 is 0 Å². The molecule has 0 bridgehead atoms. The van der Waals surface area contributed by atoms with Gasteiger partial charge in [0.2, 0.25) is 0 Å². The lowest BCUT2D eigenvalue weighted by atomic mass is 10.1. The van der Waals surface area contributed by atoms with E-state index in [0.717, 1.165) is 11.3 Å². The van der Waals surface area contributed by atoms with E-state index < -0.39 is 0 Å². The van der Waals surface area contributed by atoms with Gasteiger partial charge in [0.05, 0.1) is 5.02 Å². The first-order valence-corrected chi connectivity index (χ1v) is 6.76. The Balaban J connectivity index is 2.26. The molecule has 19 heavy (non-hydrogen) atoms. The van der Waals surface area contributed by atoms with Crippen molar-refractivity contribution in [3.05, 3.63) is 58.1 Å². The summed E-state index contributed by atoms with van der Waals surface area (Å²) < 4.78 is 5.78. The molecule has 1 unspecified atom stereocenters. The first-order valence-electron chi connectivity index (χ1n) is 6.01. The van der Waals surface area contributed by atoms with E-state index in [9.17, 15) is 0 Å². The molecule has 1 N–H and O–H groups in total. The van der Waals surface area contributed by atoms with Gasteiger partial charge >= 0.3 is 0 Å². The van der Waals surface area contributed by atoms with Gasteiger partial charge in [-0.2, -0.15) is 0 Å². The van der Waals surface area contributed by atoms with Gasteiger partial charge in [0, 0.05) is 6.04 Å². The quantitative estimate of drug-likeness (QED) is 0.850. The number of halogens is 2. The third kappa shape index (κ3) is 3.41. The average Bonchev–Trinajstić information content (AvgIpc) is 2.43. The smallest absolute Gasteiger partial charge is 0.147 e. The minimum Gasteiger partial charge on any atom is -0.456 e. The topological polar surface area (TPSA) is 21.3 Å². The molecule has 0 saturated heterocycles. The fourth-order valence-electron chi connectivity index (χ4n) is 1.70. The van der Waals surface area contributed by atoms with Crippen molar-refractivity contribution in [2.45, 2.75) is 13.0 Å². The zero-order valence-electron chi connectivity index (χ0n) is 10.8. The van der Waals surface area contributed by atoms with E-state index in [2.05, 4.69) is 12.2 Å². The average molecular weight is 296 g/mol. The van der Waals surface area contributed by atoms with Crippen LogP contribution in [0.15, 0.2) is 42.5 Å². The van der Waals surface area contributed by atoms with Gasteiger partial charge in [0.15, 0.2) is 0 Å². The molecule has 2 nitrogen and oxygen atoms in total. The maximum Gasteiger partial charge on any atom is 0.147 e. The van der Waals surface area contributed by atoms with Crippen LogP contribution in [0, 0.1) is 0 Å². The number of benzene rings is 2. The largest absolute Gasteiger partial charge is 0.456 e. The van der Waals surface area contributed by atoms with E-state index in [1.54, 1.807) is 12.1 Å². The third-order valence-electron chi connectivity index (χ3n) is 2.94. The summed E-state index contributed by atoms with van der Waals surface area (Å²) in [6.07, 6.45) is 0. The van der Waals surface area contributed by atoms with Crippen LogP contribution in [-0.4, -0.2) is 7.05 Å². The van der Waals surface area contributed by atoms with Gasteiger partial charge in [0.1, 0.15) is 16.5 Å². The van der Waals surface area contributed by atoms with Crippen LogP contribution in [0.4, 0.5) is 0 Å². The lowest BCUT2D eigenvalue weighted by Gasteiger charge is -2.13. The fourth-order valence-corrected chi connectivity index (χ4v) is 2.03. The Kier molecular flexibility index (Phi) is 4.70. The van der Waals surface area contributed by atoms with Gasteiger partial charge in [-0.15, -0.1) is 0 Å². The molecule has 4 heteroatoms. The Labute approximate surface area is 123 Å². The second-order valence-electron chi connectivity index (χ2n) is 4.24. The van der Waals surface area contributed by atoms with E-state index in [-0.39, 0.29) is 6.04 Å². The lowest BCUT2D eigenvalue weighted by molar-refractivity contribution is 0.481. The number of nitrogens with one attached hydrogen (secondary N) is 1.